The van der Waals surface area contributed by atoms with Gasteiger partial charge in [0.1, 0.15) is 6.61 Å². The number of morpholine rings is 1. The number of nitrogens with one attached hydrogen (secondary N) is 1. The van der Waals surface area contributed by atoms with Gasteiger partial charge in [0.2, 0.25) is 0 Å². The molecule has 2 nitrogen and oxygen atoms in total. The summed E-state index contributed by atoms with van der Waals surface area (Å²) in [5.41, 5.74) is 0. The van der Waals surface area contributed by atoms with Crippen molar-refractivity contribution in [3.8, 4) is 0 Å². The van der Waals surface area contributed by atoms with Crippen LogP contribution < -0.4 is 5.32 Å². The van der Waals surface area contributed by atoms with E-state index < -0.39 is 0 Å². The quantitative estimate of drug-likeness (QED) is 0.684. The predicted octanol–water partition coefficient (Wildman–Crippen LogP) is 1.15. The van der Waals surface area contributed by atoms with Gasteiger partial charge >= 0.3 is 0 Å². The topological polar surface area (TPSA) is 21.3 Å². The van der Waals surface area contributed by atoms with Gasteiger partial charge in [0.25, 0.3) is 0 Å². The standard InChI is InChI=1S/C6H12NOS2/c1-9-5-3-8-4-6(7-5)10-2/h3,5-7H,4H2,1-2H3. The lowest BCUT2D eigenvalue weighted by Gasteiger charge is -2.28. The van der Waals surface area contributed by atoms with E-state index in [0.29, 0.717) is 10.7 Å². The van der Waals surface area contributed by atoms with Gasteiger partial charge in [-0.3, -0.25) is 5.32 Å². The van der Waals surface area contributed by atoms with E-state index in [-0.39, 0.29) is 0 Å². The van der Waals surface area contributed by atoms with Crippen molar-refractivity contribution in [1.29, 1.82) is 0 Å². The van der Waals surface area contributed by atoms with Crippen molar-refractivity contribution in [2.24, 2.45) is 0 Å². The second-order valence-corrected chi connectivity index (χ2v) is 4.04. The molecule has 2 unspecified atom stereocenters. The fraction of sp³-hybridized carbons (Fsp3) is 0.833. The molecule has 59 valence electrons. The molecule has 0 amide bonds. The predicted molar refractivity (Wildman–Crippen MR) is 48.0 cm³/mol. The first-order valence-corrected chi connectivity index (χ1v) is 5.71. The van der Waals surface area contributed by atoms with Gasteiger partial charge in [0, 0.05) is 0 Å². The third kappa shape index (κ3) is 2.34. The van der Waals surface area contributed by atoms with E-state index in [0.717, 1.165) is 6.61 Å². The van der Waals surface area contributed by atoms with Gasteiger partial charge in [-0.1, -0.05) is 0 Å². The molecule has 1 saturated heterocycles. The SMILES string of the molecule is CSC1[CH]OCC(SC)N1. The molecule has 1 N–H and O–H groups in total. The molecule has 0 bridgehead atoms. The van der Waals surface area contributed by atoms with Crippen LogP contribution in [0.25, 0.3) is 0 Å². The molecule has 10 heavy (non-hydrogen) atoms. The Kier molecular flexibility index (Phi) is 3.91. The molecule has 0 aromatic rings. The molecule has 1 aliphatic heterocycles. The van der Waals surface area contributed by atoms with E-state index in [4.69, 9.17) is 4.74 Å². The van der Waals surface area contributed by atoms with Crippen LogP contribution in [-0.2, 0) is 4.74 Å². The highest BCUT2D eigenvalue weighted by molar-refractivity contribution is 8.00. The molecule has 0 spiro atoms. The lowest BCUT2D eigenvalue weighted by atomic mass is 10.5. The third-order valence-electron chi connectivity index (χ3n) is 1.36. The lowest BCUT2D eigenvalue weighted by molar-refractivity contribution is 0.149. The first-order chi connectivity index (χ1) is 4.86. The third-order valence-corrected chi connectivity index (χ3v) is 2.95. The van der Waals surface area contributed by atoms with Gasteiger partial charge < -0.3 is 4.74 Å². The van der Waals surface area contributed by atoms with Gasteiger partial charge in [0.15, 0.2) is 0 Å². The Balaban J connectivity index is 2.25. The molecule has 0 saturated carbocycles. The van der Waals surface area contributed by atoms with Crippen LogP contribution in [0.15, 0.2) is 0 Å². The molecular weight excluding hydrogens is 166 g/mol. The van der Waals surface area contributed by atoms with E-state index >= 15 is 0 Å². The van der Waals surface area contributed by atoms with Crippen molar-refractivity contribution in [1.82, 2.24) is 5.32 Å². The zero-order valence-electron chi connectivity index (χ0n) is 6.16. The summed E-state index contributed by atoms with van der Waals surface area (Å²) >= 11 is 3.56. The maximum atomic E-state index is 5.25. The van der Waals surface area contributed by atoms with E-state index in [2.05, 4.69) is 17.8 Å². The first-order valence-electron chi connectivity index (χ1n) is 3.13. The highest BCUT2D eigenvalue weighted by Gasteiger charge is 2.19. The van der Waals surface area contributed by atoms with Gasteiger partial charge in [0.05, 0.1) is 17.4 Å². The van der Waals surface area contributed by atoms with Crippen LogP contribution in [0.1, 0.15) is 0 Å². The Bertz CT molecular complexity index is 91.7. The summed E-state index contributed by atoms with van der Waals surface area (Å²) in [6.45, 7) is 2.65. The summed E-state index contributed by atoms with van der Waals surface area (Å²) in [5, 5.41) is 4.23. The van der Waals surface area contributed by atoms with Gasteiger partial charge in [-0.2, -0.15) is 0 Å². The van der Waals surface area contributed by atoms with Crippen LogP contribution in [-0.4, -0.2) is 29.9 Å². The van der Waals surface area contributed by atoms with Crippen LogP contribution in [0.3, 0.4) is 0 Å². The maximum Gasteiger partial charge on any atom is 0.111 e. The van der Waals surface area contributed by atoms with Gasteiger partial charge in [-0.15, -0.1) is 23.5 Å². The summed E-state index contributed by atoms with van der Waals surface area (Å²) in [7, 11) is 0. The molecule has 1 fully saturated rings. The number of rotatable bonds is 2. The van der Waals surface area contributed by atoms with Crippen molar-refractivity contribution in [2.75, 3.05) is 19.1 Å². The summed E-state index contributed by atoms with van der Waals surface area (Å²) in [6.07, 6.45) is 4.16. The summed E-state index contributed by atoms with van der Waals surface area (Å²) in [6, 6.07) is 0. The van der Waals surface area contributed by atoms with E-state index in [9.17, 15) is 0 Å². The normalized spacial score (nSPS) is 34.2. The number of hydrogen-bond donors (Lipinski definition) is 1. The van der Waals surface area contributed by atoms with Crippen molar-refractivity contribution < 1.29 is 4.74 Å². The smallest absolute Gasteiger partial charge is 0.111 e. The number of ether oxygens (including phenoxy) is 1. The summed E-state index contributed by atoms with van der Waals surface area (Å²) in [5.74, 6) is 0. The summed E-state index contributed by atoms with van der Waals surface area (Å²) < 4.78 is 5.25. The van der Waals surface area contributed by atoms with E-state index in [1.165, 1.54) is 0 Å². The Labute approximate surface area is 70.5 Å². The molecular formula is C6H12NOS2. The molecule has 1 radical (unpaired) electrons. The minimum Gasteiger partial charge on any atom is -0.370 e. The molecule has 1 heterocycles. The Morgan fingerprint density at radius 1 is 1.50 bits per heavy atom. The van der Waals surface area contributed by atoms with Crippen molar-refractivity contribution in [2.45, 2.75) is 10.7 Å². The van der Waals surface area contributed by atoms with Crippen LogP contribution in [0.2, 0.25) is 0 Å². The zero-order chi connectivity index (χ0) is 7.40. The lowest BCUT2D eigenvalue weighted by Crippen LogP contribution is -2.42. The van der Waals surface area contributed by atoms with Gasteiger partial charge in [-0.25, -0.2) is 0 Å². The fourth-order valence-corrected chi connectivity index (χ4v) is 1.83. The van der Waals surface area contributed by atoms with Crippen molar-refractivity contribution >= 4 is 23.5 Å². The average Bonchev–Trinajstić information content (AvgIpc) is 2.05. The van der Waals surface area contributed by atoms with Crippen LogP contribution in [0, 0.1) is 6.61 Å². The molecule has 0 aromatic heterocycles. The van der Waals surface area contributed by atoms with Crippen molar-refractivity contribution in [3.05, 3.63) is 6.61 Å². The monoisotopic (exact) mass is 178 g/mol. The second kappa shape index (κ2) is 4.49. The maximum absolute atomic E-state index is 5.25. The summed E-state index contributed by atoms with van der Waals surface area (Å²) in [4.78, 5) is 0. The average molecular weight is 178 g/mol. The highest BCUT2D eigenvalue weighted by atomic mass is 32.2. The van der Waals surface area contributed by atoms with Crippen LogP contribution in [0.5, 0.6) is 0 Å². The molecule has 2 atom stereocenters. The van der Waals surface area contributed by atoms with E-state index in [1.807, 2.05) is 6.61 Å². The minimum absolute atomic E-state index is 0.367. The molecule has 1 rings (SSSR count). The first kappa shape index (κ1) is 8.71. The molecule has 4 heteroatoms. The van der Waals surface area contributed by atoms with Crippen LogP contribution in [0.4, 0.5) is 0 Å². The molecule has 0 aromatic carbocycles. The Morgan fingerprint density at radius 3 is 2.90 bits per heavy atom. The number of thioether (sulfide) groups is 2. The Hall–Kier alpha value is 0.620. The number of hydrogen-bond acceptors (Lipinski definition) is 4. The van der Waals surface area contributed by atoms with Crippen molar-refractivity contribution in [3.63, 3.8) is 0 Å². The minimum atomic E-state index is 0.367. The largest absolute Gasteiger partial charge is 0.370 e. The Morgan fingerprint density at radius 2 is 2.30 bits per heavy atom. The molecule has 1 aliphatic rings. The molecule has 0 aliphatic carbocycles. The second-order valence-electron chi connectivity index (χ2n) is 2.02. The highest BCUT2D eigenvalue weighted by Crippen LogP contribution is 2.17. The van der Waals surface area contributed by atoms with E-state index in [1.54, 1.807) is 23.5 Å². The van der Waals surface area contributed by atoms with Gasteiger partial charge in [-0.05, 0) is 12.5 Å². The zero-order valence-corrected chi connectivity index (χ0v) is 7.80. The van der Waals surface area contributed by atoms with Crippen LogP contribution >= 0.6 is 23.5 Å². The fourth-order valence-electron chi connectivity index (χ4n) is 0.761.